The molecule has 0 aliphatic carbocycles. The lowest BCUT2D eigenvalue weighted by Crippen LogP contribution is -2.33. The van der Waals surface area contributed by atoms with Gasteiger partial charge in [0.05, 0.1) is 30.8 Å². The van der Waals surface area contributed by atoms with Crippen molar-refractivity contribution in [3.63, 3.8) is 0 Å². The van der Waals surface area contributed by atoms with E-state index in [0.717, 1.165) is 0 Å². The van der Waals surface area contributed by atoms with Gasteiger partial charge in [-0.05, 0) is 57.9 Å². The van der Waals surface area contributed by atoms with E-state index in [4.69, 9.17) is 18.9 Å². The van der Waals surface area contributed by atoms with Gasteiger partial charge in [0.1, 0.15) is 11.4 Å². The third-order valence-corrected chi connectivity index (χ3v) is 5.62. The van der Waals surface area contributed by atoms with E-state index in [1.165, 1.54) is 0 Å². The van der Waals surface area contributed by atoms with Crippen molar-refractivity contribution >= 4 is 11.9 Å². The van der Waals surface area contributed by atoms with Crippen molar-refractivity contribution in [1.29, 1.82) is 0 Å². The van der Waals surface area contributed by atoms with Crippen LogP contribution in [0.2, 0.25) is 0 Å². The van der Waals surface area contributed by atoms with Crippen LogP contribution in [0.15, 0.2) is 60.7 Å². The van der Waals surface area contributed by atoms with E-state index in [9.17, 15) is 9.59 Å². The summed E-state index contributed by atoms with van der Waals surface area (Å²) < 4.78 is 22.4. The second kappa shape index (κ2) is 13.1. The van der Waals surface area contributed by atoms with Gasteiger partial charge in [0, 0.05) is 13.0 Å². The Morgan fingerprint density at radius 1 is 0.758 bits per heavy atom. The van der Waals surface area contributed by atoms with E-state index in [0.29, 0.717) is 57.0 Å². The predicted octanol–water partition coefficient (Wildman–Crippen LogP) is 5.46. The van der Waals surface area contributed by atoms with Crippen molar-refractivity contribution in [3.8, 4) is 5.75 Å². The SMILES string of the molecule is CCC(C)(CCOCCOCCC(C)(C)OC(=O)c1ccccc1)C(=O)Oc1ccccc1. The summed E-state index contributed by atoms with van der Waals surface area (Å²) in [6, 6.07) is 18.0. The second-order valence-corrected chi connectivity index (χ2v) is 8.86. The quantitative estimate of drug-likeness (QED) is 0.214. The first kappa shape index (κ1) is 26.6. The Morgan fingerprint density at radius 3 is 1.88 bits per heavy atom. The molecule has 0 radical (unpaired) electrons. The molecule has 0 aliphatic heterocycles. The number of hydrogen-bond acceptors (Lipinski definition) is 6. The van der Waals surface area contributed by atoms with E-state index in [-0.39, 0.29) is 11.9 Å². The minimum atomic E-state index is -0.629. The molecule has 2 rings (SSSR count). The number of esters is 2. The van der Waals surface area contributed by atoms with E-state index in [2.05, 4.69) is 0 Å². The molecule has 2 aromatic carbocycles. The summed E-state index contributed by atoms with van der Waals surface area (Å²) in [5, 5.41) is 0. The maximum atomic E-state index is 12.6. The van der Waals surface area contributed by atoms with E-state index >= 15 is 0 Å². The molecule has 0 aromatic heterocycles. The molecule has 6 nitrogen and oxygen atoms in total. The zero-order valence-corrected chi connectivity index (χ0v) is 20.2. The van der Waals surface area contributed by atoms with Crippen molar-refractivity contribution in [2.24, 2.45) is 5.41 Å². The van der Waals surface area contributed by atoms with Crippen LogP contribution in [0.1, 0.15) is 57.3 Å². The topological polar surface area (TPSA) is 71.1 Å². The van der Waals surface area contributed by atoms with Gasteiger partial charge in [-0.3, -0.25) is 4.79 Å². The van der Waals surface area contributed by atoms with Crippen LogP contribution in [0.5, 0.6) is 5.75 Å². The third kappa shape index (κ3) is 9.36. The molecule has 0 N–H and O–H groups in total. The summed E-state index contributed by atoms with van der Waals surface area (Å²) in [5.41, 5.74) is -0.703. The van der Waals surface area contributed by atoms with Gasteiger partial charge < -0.3 is 18.9 Å². The highest BCUT2D eigenvalue weighted by Gasteiger charge is 2.33. The number of benzene rings is 2. The van der Waals surface area contributed by atoms with Crippen LogP contribution in [0, 0.1) is 5.41 Å². The summed E-state index contributed by atoms with van der Waals surface area (Å²) >= 11 is 0. The lowest BCUT2D eigenvalue weighted by atomic mass is 9.84. The van der Waals surface area contributed by atoms with Gasteiger partial charge in [-0.25, -0.2) is 4.79 Å². The molecule has 1 atom stereocenters. The molecule has 33 heavy (non-hydrogen) atoms. The zero-order valence-electron chi connectivity index (χ0n) is 20.2. The first-order valence-electron chi connectivity index (χ1n) is 11.5. The van der Waals surface area contributed by atoms with Gasteiger partial charge in [-0.1, -0.05) is 43.3 Å². The summed E-state index contributed by atoms with van der Waals surface area (Å²) in [6.07, 6.45) is 1.80. The molecule has 180 valence electrons. The first-order valence-corrected chi connectivity index (χ1v) is 11.5. The molecule has 0 spiro atoms. The fourth-order valence-electron chi connectivity index (χ4n) is 3.01. The minimum absolute atomic E-state index is 0.247. The molecular formula is C27H36O6. The Balaban J connectivity index is 1.60. The molecular weight excluding hydrogens is 420 g/mol. The smallest absolute Gasteiger partial charge is 0.338 e. The maximum absolute atomic E-state index is 12.6. The highest BCUT2D eigenvalue weighted by molar-refractivity contribution is 5.89. The van der Waals surface area contributed by atoms with Gasteiger partial charge in [0.15, 0.2) is 0 Å². The molecule has 0 saturated heterocycles. The van der Waals surface area contributed by atoms with E-state index in [1.54, 1.807) is 24.3 Å². The Bertz CT molecular complexity index is 849. The number of carbonyl (C=O) groups is 2. The fraction of sp³-hybridized carbons (Fsp3) is 0.481. The Kier molecular flexibility index (Phi) is 10.6. The zero-order chi connectivity index (χ0) is 24.2. The lowest BCUT2D eigenvalue weighted by molar-refractivity contribution is -0.146. The van der Waals surface area contributed by atoms with Crippen LogP contribution >= 0.6 is 0 Å². The normalized spacial score (nSPS) is 13.2. The van der Waals surface area contributed by atoms with Crippen LogP contribution in [0.3, 0.4) is 0 Å². The minimum Gasteiger partial charge on any atom is -0.456 e. The van der Waals surface area contributed by atoms with Crippen molar-refractivity contribution in [2.45, 2.75) is 52.6 Å². The molecule has 0 bridgehead atoms. The molecule has 0 amide bonds. The van der Waals surface area contributed by atoms with Crippen LogP contribution < -0.4 is 4.74 Å². The highest BCUT2D eigenvalue weighted by atomic mass is 16.6. The summed E-state index contributed by atoms with van der Waals surface area (Å²) in [6.45, 7) is 9.37. The van der Waals surface area contributed by atoms with Crippen molar-refractivity contribution < 1.29 is 28.5 Å². The van der Waals surface area contributed by atoms with Crippen LogP contribution in [-0.2, 0) is 19.0 Å². The maximum Gasteiger partial charge on any atom is 0.338 e. The number of para-hydroxylation sites is 1. The van der Waals surface area contributed by atoms with Crippen molar-refractivity contribution in [3.05, 3.63) is 66.2 Å². The molecule has 0 aliphatic rings. The molecule has 2 aromatic rings. The highest BCUT2D eigenvalue weighted by Crippen LogP contribution is 2.28. The first-order chi connectivity index (χ1) is 15.8. The molecule has 0 fully saturated rings. The fourth-order valence-corrected chi connectivity index (χ4v) is 3.01. The van der Waals surface area contributed by atoms with Gasteiger partial charge in [-0.15, -0.1) is 0 Å². The molecule has 6 heteroatoms. The monoisotopic (exact) mass is 456 g/mol. The third-order valence-electron chi connectivity index (χ3n) is 5.62. The Labute approximate surface area is 197 Å². The molecule has 1 unspecified atom stereocenters. The summed E-state index contributed by atoms with van der Waals surface area (Å²) in [4.78, 5) is 24.8. The number of rotatable bonds is 14. The van der Waals surface area contributed by atoms with Crippen molar-refractivity contribution in [2.75, 3.05) is 26.4 Å². The van der Waals surface area contributed by atoms with E-state index < -0.39 is 11.0 Å². The van der Waals surface area contributed by atoms with Crippen molar-refractivity contribution in [1.82, 2.24) is 0 Å². The van der Waals surface area contributed by atoms with Gasteiger partial charge in [-0.2, -0.15) is 0 Å². The molecule has 0 saturated carbocycles. The van der Waals surface area contributed by atoms with Crippen LogP contribution in [0.4, 0.5) is 0 Å². The summed E-state index contributed by atoms with van der Waals surface area (Å²) in [7, 11) is 0. The second-order valence-electron chi connectivity index (χ2n) is 8.86. The average Bonchev–Trinajstić information content (AvgIpc) is 2.81. The summed E-state index contributed by atoms with van der Waals surface area (Å²) in [5.74, 6) is -0.0362. The Morgan fingerprint density at radius 2 is 1.30 bits per heavy atom. The van der Waals surface area contributed by atoms with Gasteiger partial charge in [0.25, 0.3) is 0 Å². The van der Waals surface area contributed by atoms with Crippen LogP contribution in [0.25, 0.3) is 0 Å². The number of hydrogen-bond donors (Lipinski definition) is 0. The Hall–Kier alpha value is -2.70. The van der Waals surface area contributed by atoms with Gasteiger partial charge >= 0.3 is 11.9 Å². The largest absolute Gasteiger partial charge is 0.456 e. The van der Waals surface area contributed by atoms with E-state index in [1.807, 2.05) is 64.1 Å². The predicted molar refractivity (Wildman–Crippen MR) is 127 cm³/mol. The standard InChI is InChI=1S/C27H36O6/c1-5-27(4,25(29)32-23-14-10-7-11-15-23)17-19-31-21-20-30-18-16-26(2,3)33-24(28)22-12-8-6-9-13-22/h6-15H,5,16-21H2,1-4H3. The number of carbonyl (C=O) groups excluding carboxylic acids is 2. The lowest BCUT2D eigenvalue weighted by Gasteiger charge is -2.26. The van der Waals surface area contributed by atoms with Crippen LogP contribution in [-0.4, -0.2) is 44.0 Å². The molecule has 0 heterocycles. The van der Waals surface area contributed by atoms with Gasteiger partial charge in [0.2, 0.25) is 0 Å². The number of ether oxygens (including phenoxy) is 4. The average molecular weight is 457 g/mol.